The molecule has 0 bridgehead atoms. The molecule has 0 N–H and O–H groups in total. The zero-order valence-corrected chi connectivity index (χ0v) is 7.06. The summed E-state index contributed by atoms with van der Waals surface area (Å²) in [6, 6.07) is 0.988. The highest BCUT2D eigenvalue weighted by Gasteiger charge is 2.37. The Hall–Kier alpha value is -0.0400. The second kappa shape index (κ2) is 1.97. The van der Waals surface area contributed by atoms with Gasteiger partial charge in [0.25, 0.3) is 0 Å². The first-order valence-electron chi connectivity index (χ1n) is 4.41. The summed E-state index contributed by atoms with van der Waals surface area (Å²) in [6.07, 6.45) is 4.34. The third kappa shape index (κ3) is 1.20. The molecule has 0 aromatic rings. The fraction of sp³-hybridized carbons (Fsp3) is 1.00. The van der Waals surface area contributed by atoms with E-state index in [9.17, 15) is 0 Å². The highest BCUT2D eigenvalue weighted by Crippen LogP contribution is 2.36. The van der Waals surface area contributed by atoms with Gasteiger partial charge < -0.3 is 0 Å². The van der Waals surface area contributed by atoms with Crippen molar-refractivity contribution >= 4 is 0 Å². The van der Waals surface area contributed by atoms with Gasteiger partial charge in [0, 0.05) is 12.6 Å². The molecule has 0 atom stereocenters. The molecule has 0 aromatic carbocycles. The summed E-state index contributed by atoms with van der Waals surface area (Å²) in [5, 5.41) is 0. The molecule has 1 aliphatic heterocycles. The molecule has 0 spiro atoms. The van der Waals surface area contributed by atoms with Crippen molar-refractivity contribution < 1.29 is 0 Å². The summed E-state index contributed by atoms with van der Waals surface area (Å²) < 4.78 is 0. The highest BCUT2D eigenvalue weighted by molar-refractivity contribution is 4.92. The van der Waals surface area contributed by atoms with Crippen molar-refractivity contribution in [3.63, 3.8) is 0 Å². The van der Waals surface area contributed by atoms with E-state index in [0.29, 0.717) is 5.41 Å². The van der Waals surface area contributed by atoms with Gasteiger partial charge in [-0.25, -0.2) is 0 Å². The normalized spacial score (nSPS) is 33.0. The maximum absolute atomic E-state index is 2.67. The molecule has 1 heterocycles. The van der Waals surface area contributed by atoms with E-state index in [1.807, 2.05) is 0 Å². The fourth-order valence-electron chi connectivity index (χ4n) is 1.91. The molecular formula is C9H17N. The van der Waals surface area contributed by atoms with Crippen LogP contribution in [0.25, 0.3) is 0 Å². The maximum Gasteiger partial charge on any atom is 0.00966 e. The van der Waals surface area contributed by atoms with Crippen LogP contribution < -0.4 is 0 Å². The Bertz CT molecular complexity index is 136. The second-order valence-electron chi connectivity index (χ2n) is 4.62. The van der Waals surface area contributed by atoms with E-state index in [1.165, 1.54) is 32.4 Å². The maximum atomic E-state index is 2.67. The monoisotopic (exact) mass is 139 g/mol. The summed E-state index contributed by atoms with van der Waals surface area (Å²) in [5.41, 5.74) is 0.614. The predicted molar refractivity (Wildman–Crippen MR) is 43.0 cm³/mol. The van der Waals surface area contributed by atoms with Crippen LogP contribution in [0.2, 0.25) is 0 Å². The first kappa shape index (κ1) is 6.66. The standard InChI is InChI=1S/C9H17N/c1-9(2)5-6-10(7-9)8-3-4-8/h8H,3-7H2,1-2H3. The summed E-state index contributed by atoms with van der Waals surface area (Å²) in [7, 11) is 0. The van der Waals surface area contributed by atoms with Crippen LogP contribution in [0.1, 0.15) is 33.1 Å². The van der Waals surface area contributed by atoms with Crippen molar-refractivity contribution in [1.29, 1.82) is 0 Å². The lowest BCUT2D eigenvalue weighted by molar-refractivity contribution is 0.282. The molecule has 1 heteroatoms. The molecule has 0 unspecified atom stereocenters. The van der Waals surface area contributed by atoms with Gasteiger partial charge in [-0.2, -0.15) is 0 Å². The van der Waals surface area contributed by atoms with Crippen molar-refractivity contribution in [1.82, 2.24) is 4.90 Å². The first-order valence-corrected chi connectivity index (χ1v) is 4.41. The van der Waals surface area contributed by atoms with Crippen LogP contribution in [-0.4, -0.2) is 24.0 Å². The van der Waals surface area contributed by atoms with Gasteiger partial charge in [0.15, 0.2) is 0 Å². The number of nitrogens with zero attached hydrogens (tertiary/aromatic N) is 1. The van der Waals surface area contributed by atoms with Crippen molar-refractivity contribution in [3.8, 4) is 0 Å². The quantitative estimate of drug-likeness (QED) is 0.536. The van der Waals surface area contributed by atoms with Crippen molar-refractivity contribution in [2.75, 3.05) is 13.1 Å². The summed E-state index contributed by atoms with van der Waals surface area (Å²) >= 11 is 0. The largest absolute Gasteiger partial charge is 0.300 e. The molecule has 2 fully saturated rings. The fourth-order valence-corrected chi connectivity index (χ4v) is 1.91. The summed E-state index contributed by atoms with van der Waals surface area (Å²) in [5.74, 6) is 0. The van der Waals surface area contributed by atoms with Crippen LogP contribution >= 0.6 is 0 Å². The van der Waals surface area contributed by atoms with Crippen LogP contribution in [0.3, 0.4) is 0 Å². The minimum absolute atomic E-state index is 0.614. The van der Waals surface area contributed by atoms with Gasteiger partial charge in [0.2, 0.25) is 0 Å². The molecule has 58 valence electrons. The molecule has 1 aliphatic carbocycles. The number of rotatable bonds is 1. The van der Waals surface area contributed by atoms with Crippen LogP contribution in [0.15, 0.2) is 0 Å². The van der Waals surface area contributed by atoms with E-state index in [2.05, 4.69) is 18.7 Å². The van der Waals surface area contributed by atoms with E-state index in [4.69, 9.17) is 0 Å². The lowest BCUT2D eigenvalue weighted by Crippen LogP contribution is -2.25. The molecule has 2 aliphatic rings. The second-order valence-corrected chi connectivity index (χ2v) is 4.62. The smallest absolute Gasteiger partial charge is 0.00966 e. The Morgan fingerprint density at radius 3 is 2.40 bits per heavy atom. The van der Waals surface area contributed by atoms with Crippen LogP contribution in [0.5, 0.6) is 0 Å². The number of likely N-dealkylation sites (tertiary alicyclic amines) is 1. The Labute approximate surface area is 63.4 Å². The van der Waals surface area contributed by atoms with Crippen molar-refractivity contribution in [3.05, 3.63) is 0 Å². The minimum Gasteiger partial charge on any atom is -0.300 e. The molecule has 1 nitrogen and oxygen atoms in total. The SMILES string of the molecule is CC1(C)CCN(C2CC2)C1. The molecule has 0 amide bonds. The average Bonchev–Trinajstić information content (AvgIpc) is 2.59. The Morgan fingerprint density at radius 2 is 2.00 bits per heavy atom. The molecule has 0 aromatic heterocycles. The zero-order valence-electron chi connectivity index (χ0n) is 7.06. The number of hydrogen-bond donors (Lipinski definition) is 0. The lowest BCUT2D eigenvalue weighted by Gasteiger charge is -2.18. The molecule has 1 saturated heterocycles. The summed E-state index contributed by atoms with van der Waals surface area (Å²) in [6.45, 7) is 7.47. The third-order valence-corrected chi connectivity index (χ3v) is 2.77. The number of hydrogen-bond acceptors (Lipinski definition) is 1. The molecule has 0 radical (unpaired) electrons. The lowest BCUT2D eigenvalue weighted by atomic mass is 9.93. The highest BCUT2D eigenvalue weighted by atomic mass is 15.2. The minimum atomic E-state index is 0.614. The van der Waals surface area contributed by atoms with Crippen LogP contribution in [0, 0.1) is 5.41 Å². The van der Waals surface area contributed by atoms with E-state index in [0.717, 1.165) is 6.04 Å². The van der Waals surface area contributed by atoms with Crippen molar-refractivity contribution in [2.45, 2.75) is 39.2 Å². The Morgan fingerprint density at radius 1 is 1.30 bits per heavy atom. The third-order valence-electron chi connectivity index (χ3n) is 2.77. The van der Waals surface area contributed by atoms with Crippen LogP contribution in [0.4, 0.5) is 0 Å². The molecule has 10 heavy (non-hydrogen) atoms. The molecule has 2 rings (SSSR count). The van der Waals surface area contributed by atoms with Gasteiger partial charge in [-0.1, -0.05) is 13.8 Å². The molecular weight excluding hydrogens is 122 g/mol. The zero-order chi connectivity index (χ0) is 7.19. The van der Waals surface area contributed by atoms with Gasteiger partial charge in [0.05, 0.1) is 0 Å². The van der Waals surface area contributed by atoms with Gasteiger partial charge in [-0.05, 0) is 31.2 Å². The summed E-state index contributed by atoms with van der Waals surface area (Å²) in [4.78, 5) is 2.67. The average molecular weight is 139 g/mol. The molecule has 1 saturated carbocycles. The van der Waals surface area contributed by atoms with E-state index in [1.54, 1.807) is 0 Å². The van der Waals surface area contributed by atoms with Gasteiger partial charge in [0.1, 0.15) is 0 Å². The Kier molecular flexibility index (Phi) is 1.31. The first-order chi connectivity index (χ1) is 4.67. The Balaban J connectivity index is 1.92. The van der Waals surface area contributed by atoms with E-state index in [-0.39, 0.29) is 0 Å². The van der Waals surface area contributed by atoms with Gasteiger partial charge in [-0.3, -0.25) is 4.90 Å². The van der Waals surface area contributed by atoms with Crippen LogP contribution in [-0.2, 0) is 0 Å². The van der Waals surface area contributed by atoms with E-state index < -0.39 is 0 Å². The predicted octanol–water partition coefficient (Wildman–Crippen LogP) is 1.88. The van der Waals surface area contributed by atoms with Crippen molar-refractivity contribution in [2.24, 2.45) is 5.41 Å². The van der Waals surface area contributed by atoms with E-state index >= 15 is 0 Å². The van der Waals surface area contributed by atoms with Gasteiger partial charge >= 0.3 is 0 Å². The topological polar surface area (TPSA) is 3.24 Å². The van der Waals surface area contributed by atoms with Gasteiger partial charge in [-0.15, -0.1) is 0 Å².